The molecule has 0 radical (unpaired) electrons. The summed E-state index contributed by atoms with van der Waals surface area (Å²) >= 11 is 0. The average Bonchev–Trinajstić information content (AvgIpc) is 2.43. The molecule has 0 rings (SSSR count). The minimum Gasteiger partial charge on any atom is -0.468 e. The molecule has 0 aliphatic heterocycles. The number of carbonyl (C=O) groups excluding carboxylic acids is 2. The quantitative estimate of drug-likeness (QED) is 0.344. The van der Waals surface area contributed by atoms with Gasteiger partial charge in [-0.3, -0.25) is 9.59 Å². The van der Waals surface area contributed by atoms with Crippen LogP contribution in [0, 0.1) is 5.92 Å². The van der Waals surface area contributed by atoms with Gasteiger partial charge in [-0.1, -0.05) is 0 Å². The van der Waals surface area contributed by atoms with Gasteiger partial charge < -0.3 is 9.47 Å². The summed E-state index contributed by atoms with van der Waals surface area (Å²) in [4.78, 5) is 22.7. The Bertz CT molecular complexity index is 660. The summed E-state index contributed by atoms with van der Waals surface area (Å²) in [5, 5.41) is 0. The molecule has 0 aliphatic rings. The molecule has 0 saturated heterocycles. The van der Waals surface area contributed by atoms with Gasteiger partial charge in [0.1, 0.15) is 0 Å². The normalized spacial score (nSPS) is 13.8. The number of hydrogen-bond donors (Lipinski definition) is 0. The molecule has 0 spiro atoms. The Balaban J connectivity index is 6.46. The summed E-state index contributed by atoms with van der Waals surface area (Å²) in [6, 6.07) is 0. The Morgan fingerprint density at radius 1 is 0.800 bits per heavy atom. The maximum absolute atomic E-state index is 12.6. The van der Waals surface area contributed by atoms with E-state index >= 15 is 0 Å². The molecule has 0 aliphatic carbocycles. The van der Waals surface area contributed by atoms with Gasteiger partial charge in [-0.05, 0) is 0 Å². The molecule has 0 saturated carbocycles. The summed E-state index contributed by atoms with van der Waals surface area (Å²) < 4.78 is 124. The Morgan fingerprint density at radius 2 is 1.08 bits per heavy atom. The van der Waals surface area contributed by atoms with Crippen molar-refractivity contribution in [1.82, 2.24) is 0 Å². The van der Waals surface area contributed by atoms with Crippen LogP contribution in [0.25, 0.3) is 0 Å². The van der Waals surface area contributed by atoms with Gasteiger partial charge in [0.25, 0.3) is 19.7 Å². The largest absolute Gasteiger partial charge is 0.498 e. The van der Waals surface area contributed by atoms with E-state index in [1.165, 1.54) is 0 Å². The maximum atomic E-state index is 12.6. The van der Waals surface area contributed by atoms with Crippen molar-refractivity contribution in [3.63, 3.8) is 0 Å². The van der Waals surface area contributed by atoms with Crippen LogP contribution in [0.4, 0.5) is 26.3 Å². The lowest BCUT2D eigenvalue weighted by Gasteiger charge is -2.23. The molecule has 0 unspecified atom stereocenters. The highest BCUT2D eigenvalue weighted by atomic mass is 32.3. The number of ether oxygens (including phenoxy) is 2. The fourth-order valence-electron chi connectivity index (χ4n) is 1.48. The van der Waals surface area contributed by atoms with Crippen molar-refractivity contribution in [1.29, 1.82) is 0 Å². The molecule has 0 bridgehead atoms. The monoisotopic (exact) mass is 424 g/mol. The van der Waals surface area contributed by atoms with E-state index in [-0.39, 0.29) is 0 Å². The first-order chi connectivity index (χ1) is 10.9. The summed E-state index contributed by atoms with van der Waals surface area (Å²) in [6.45, 7) is 0. The standard InChI is InChI=1S/C9H10F6O8S2/c1-22-6(16)4(7(17)23-2)3-5(24(18,19)8(10,11)12)25(20,21)9(13,14)15/h4-5H,3H2,1-2H3. The van der Waals surface area contributed by atoms with Crippen LogP contribution < -0.4 is 0 Å². The molecule has 0 aromatic carbocycles. The lowest BCUT2D eigenvalue weighted by atomic mass is 10.1. The number of esters is 2. The topological polar surface area (TPSA) is 121 Å². The van der Waals surface area contributed by atoms with E-state index in [1.54, 1.807) is 0 Å². The third-order valence-corrected chi connectivity index (χ3v) is 7.32. The van der Waals surface area contributed by atoms with Crippen LogP contribution in [0.3, 0.4) is 0 Å². The predicted octanol–water partition coefficient (Wildman–Crippen LogP) is 0.534. The van der Waals surface area contributed by atoms with E-state index in [0.717, 1.165) is 0 Å². The smallest absolute Gasteiger partial charge is 0.468 e. The molecule has 0 heterocycles. The third kappa shape index (κ3) is 4.74. The van der Waals surface area contributed by atoms with Crippen molar-refractivity contribution < 1.29 is 62.2 Å². The van der Waals surface area contributed by atoms with Crippen molar-refractivity contribution in [2.24, 2.45) is 5.92 Å². The maximum Gasteiger partial charge on any atom is 0.498 e. The summed E-state index contributed by atoms with van der Waals surface area (Å²) in [5.41, 5.74) is -12.8. The molecule has 0 N–H and O–H groups in total. The zero-order valence-electron chi connectivity index (χ0n) is 12.2. The molecule has 0 amide bonds. The van der Waals surface area contributed by atoms with Crippen LogP contribution >= 0.6 is 0 Å². The van der Waals surface area contributed by atoms with Crippen molar-refractivity contribution in [3.05, 3.63) is 0 Å². The Hall–Kier alpha value is -1.58. The van der Waals surface area contributed by atoms with Crippen molar-refractivity contribution >= 4 is 31.6 Å². The molecule has 148 valence electrons. The second-order valence-corrected chi connectivity index (χ2v) is 8.79. The fraction of sp³-hybridized carbons (Fsp3) is 0.778. The van der Waals surface area contributed by atoms with Crippen LogP contribution in [-0.2, 0) is 38.7 Å². The minimum atomic E-state index is -6.98. The minimum absolute atomic E-state index is 0.573. The van der Waals surface area contributed by atoms with Crippen LogP contribution in [0.15, 0.2) is 0 Å². The Morgan fingerprint density at radius 3 is 1.28 bits per heavy atom. The molecular weight excluding hydrogens is 414 g/mol. The van der Waals surface area contributed by atoms with Crippen molar-refractivity contribution in [3.8, 4) is 0 Å². The average molecular weight is 424 g/mol. The van der Waals surface area contributed by atoms with E-state index in [2.05, 4.69) is 9.47 Å². The SMILES string of the molecule is COC(=O)C(CC(S(=O)(=O)C(F)(F)F)S(=O)(=O)C(F)(F)F)C(=O)OC. The van der Waals surface area contributed by atoms with Gasteiger partial charge in [-0.15, -0.1) is 0 Å². The number of hydrogen-bond acceptors (Lipinski definition) is 8. The number of halogens is 6. The summed E-state index contributed by atoms with van der Waals surface area (Å²) in [5.74, 6) is -6.23. The van der Waals surface area contributed by atoms with Gasteiger partial charge in [0.2, 0.25) is 0 Å². The number of sulfone groups is 2. The highest BCUT2D eigenvalue weighted by Gasteiger charge is 2.63. The molecule has 8 nitrogen and oxygen atoms in total. The van der Waals surface area contributed by atoms with E-state index in [1.807, 2.05) is 0 Å². The fourth-order valence-corrected chi connectivity index (χ4v) is 4.96. The lowest BCUT2D eigenvalue weighted by molar-refractivity contribution is -0.159. The van der Waals surface area contributed by atoms with Gasteiger partial charge in [0.15, 0.2) is 10.5 Å². The third-order valence-electron chi connectivity index (χ3n) is 2.74. The lowest BCUT2D eigenvalue weighted by Crippen LogP contribution is -2.47. The van der Waals surface area contributed by atoms with E-state index in [4.69, 9.17) is 0 Å². The van der Waals surface area contributed by atoms with E-state index in [0.29, 0.717) is 14.2 Å². The van der Waals surface area contributed by atoms with Gasteiger partial charge in [0, 0.05) is 6.42 Å². The van der Waals surface area contributed by atoms with Gasteiger partial charge in [-0.25, -0.2) is 16.8 Å². The highest BCUT2D eigenvalue weighted by Crippen LogP contribution is 2.39. The molecule has 16 heteroatoms. The number of alkyl halides is 6. The van der Waals surface area contributed by atoms with Crippen LogP contribution in [0.2, 0.25) is 0 Å². The zero-order chi connectivity index (χ0) is 20.4. The summed E-state index contributed by atoms with van der Waals surface area (Å²) in [7, 11) is -12.8. The van der Waals surface area contributed by atoms with Gasteiger partial charge in [0.05, 0.1) is 14.2 Å². The Kier molecular flexibility index (Phi) is 6.88. The van der Waals surface area contributed by atoms with Gasteiger partial charge in [-0.2, -0.15) is 26.3 Å². The zero-order valence-corrected chi connectivity index (χ0v) is 13.8. The molecule has 0 fully saturated rings. The highest BCUT2D eigenvalue weighted by molar-refractivity contribution is 8.09. The first kappa shape index (κ1) is 23.4. The van der Waals surface area contributed by atoms with Crippen LogP contribution in [0.5, 0.6) is 0 Å². The Labute approximate surface area is 136 Å². The second-order valence-electron chi connectivity index (χ2n) is 4.25. The van der Waals surface area contributed by atoms with Gasteiger partial charge >= 0.3 is 23.0 Å². The van der Waals surface area contributed by atoms with E-state index in [9.17, 15) is 52.8 Å². The first-order valence-corrected chi connectivity index (χ1v) is 8.80. The van der Waals surface area contributed by atoms with Crippen molar-refractivity contribution in [2.75, 3.05) is 14.2 Å². The van der Waals surface area contributed by atoms with E-state index < -0.39 is 59.6 Å². The van der Waals surface area contributed by atoms with Crippen LogP contribution in [0.1, 0.15) is 6.42 Å². The summed E-state index contributed by atoms with van der Waals surface area (Å²) in [6.07, 6.45) is -2.21. The molecule has 25 heavy (non-hydrogen) atoms. The number of rotatable bonds is 6. The molecule has 0 aromatic rings. The molecular formula is C9H10F6O8S2. The molecule has 0 aromatic heterocycles. The predicted molar refractivity (Wildman–Crippen MR) is 65.9 cm³/mol. The first-order valence-electron chi connectivity index (χ1n) is 5.71. The molecule has 0 atom stereocenters. The van der Waals surface area contributed by atoms with Crippen molar-refractivity contribution in [2.45, 2.75) is 22.0 Å². The number of carbonyl (C=O) groups is 2. The number of methoxy groups -OCH3 is 2. The van der Waals surface area contributed by atoms with Crippen LogP contribution in [-0.4, -0.2) is 58.6 Å². The second kappa shape index (κ2) is 7.35.